The zero-order chi connectivity index (χ0) is 14.8. The van der Waals surface area contributed by atoms with E-state index in [4.69, 9.17) is 27.6 Å². The third-order valence-electron chi connectivity index (χ3n) is 3.10. The summed E-state index contributed by atoms with van der Waals surface area (Å²) in [5, 5.41) is 8.17. The van der Waals surface area contributed by atoms with Crippen molar-refractivity contribution in [2.45, 2.75) is 12.3 Å². The van der Waals surface area contributed by atoms with Crippen LogP contribution in [0.5, 0.6) is 0 Å². The fourth-order valence-electron chi connectivity index (χ4n) is 2.00. The van der Waals surface area contributed by atoms with Gasteiger partial charge in [-0.25, -0.2) is 0 Å². The van der Waals surface area contributed by atoms with Crippen LogP contribution in [0.4, 0.5) is 0 Å². The first kappa shape index (κ1) is 14.1. The van der Waals surface area contributed by atoms with E-state index in [1.807, 2.05) is 55.5 Å². The molecule has 0 fully saturated rings. The molecule has 5 heteroatoms. The van der Waals surface area contributed by atoms with E-state index in [0.717, 1.165) is 11.1 Å². The molecular formula is C16H12Cl2N2O. The van der Waals surface area contributed by atoms with Gasteiger partial charge in [0.25, 0.3) is 0 Å². The van der Waals surface area contributed by atoms with Crippen molar-refractivity contribution in [2.75, 3.05) is 0 Å². The maximum absolute atomic E-state index is 6.37. The Morgan fingerprint density at radius 2 is 1.81 bits per heavy atom. The van der Waals surface area contributed by atoms with E-state index in [1.54, 1.807) is 0 Å². The average molecular weight is 319 g/mol. The van der Waals surface area contributed by atoms with Crippen molar-refractivity contribution in [3.63, 3.8) is 0 Å². The second-order valence-corrected chi connectivity index (χ2v) is 5.55. The maximum atomic E-state index is 6.37. The number of hydrogen-bond acceptors (Lipinski definition) is 3. The van der Waals surface area contributed by atoms with Gasteiger partial charge in [0.1, 0.15) is 5.38 Å². The zero-order valence-electron chi connectivity index (χ0n) is 11.3. The Labute approximate surface area is 132 Å². The van der Waals surface area contributed by atoms with Gasteiger partial charge in [0.15, 0.2) is 0 Å². The van der Waals surface area contributed by atoms with Gasteiger partial charge in [-0.2, -0.15) is 0 Å². The number of nitrogens with zero attached hydrogens (tertiary/aromatic N) is 2. The van der Waals surface area contributed by atoms with E-state index in [0.29, 0.717) is 22.4 Å². The Bertz CT molecular complexity index is 756. The van der Waals surface area contributed by atoms with Crippen LogP contribution in [-0.2, 0) is 0 Å². The molecule has 0 aliphatic carbocycles. The number of alkyl halides is 1. The molecule has 2 aromatic carbocycles. The van der Waals surface area contributed by atoms with Gasteiger partial charge in [-0.3, -0.25) is 0 Å². The molecule has 21 heavy (non-hydrogen) atoms. The standard InChI is InChI=1S/C16H12Cl2N2O/c1-10-7-8-12(13(17)9-10)15-19-20-16(21-15)14(18)11-5-3-2-4-6-11/h2-9,14H,1H3. The maximum Gasteiger partial charge on any atom is 0.249 e. The Hall–Kier alpha value is -1.84. The second kappa shape index (κ2) is 5.88. The molecule has 3 aromatic rings. The molecule has 0 radical (unpaired) electrons. The van der Waals surface area contributed by atoms with Gasteiger partial charge in [-0.15, -0.1) is 21.8 Å². The highest BCUT2D eigenvalue weighted by molar-refractivity contribution is 6.33. The molecule has 1 aromatic heterocycles. The minimum absolute atomic E-state index is 0.356. The summed E-state index contributed by atoms with van der Waals surface area (Å²) >= 11 is 12.6. The SMILES string of the molecule is Cc1ccc(-c2nnc(C(Cl)c3ccccc3)o2)c(Cl)c1. The van der Waals surface area contributed by atoms with Crippen molar-refractivity contribution >= 4 is 23.2 Å². The van der Waals surface area contributed by atoms with Gasteiger partial charge in [0.05, 0.1) is 10.6 Å². The highest BCUT2D eigenvalue weighted by atomic mass is 35.5. The van der Waals surface area contributed by atoms with Crippen LogP contribution in [0, 0.1) is 6.92 Å². The topological polar surface area (TPSA) is 38.9 Å². The Morgan fingerprint density at radius 3 is 2.52 bits per heavy atom. The number of aryl methyl sites for hydroxylation is 1. The Balaban J connectivity index is 1.93. The van der Waals surface area contributed by atoms with Crippen molar-refractivity contribution in [1.82, 2.24) is 10.2 Å². The van der Waals surface area contributed by atoms with Crippen molar-refractivity contribution in [1.29, 1.82) is 0 Å². The molecule has 1 unspecified atom stereocenters. The van der Waals surface area contributed by atoms with Crippen molar-refractivity contribution in [2.24, 2.45) is 0 Å². The highest BCUT2D eigenvalue weighted by Gasteiger charge is 2.19. The van der Waals surface area contributed by atoms with Gasteiger partial charge in [0, 0.05) is 0 Å². The van der Waals surface area contributed by atoms with Crippen molar-refractivity contribution in [3.05, 3.63) is 70.6 Å². The Kier molecular flexibility index (Phi) is 3.95. The van der Waals surface area contributed by atoms with Crippen molar-refractivity contribution < 1.29 is 4.42 Å². The quantitative estimate of drug-likeness (QED) is 0.636. The lowest BCUT2D eigenvalue weighted by molar-refractivity contribution is 0.513. The normalized spacial score (nSPS) is 12.3. The van der Waals surface area contributed by atoms with Crippen LogP contribution in [0.25, 0.3) is 11.5 Å². The molecule has 0 bridgehead atoms. The van der Waals surface area contributed by atoms with Gasteiger partial charge in [-0.1, -0.05) is 48.0 Å². The molecule has 0 saturated carbocycles. The van der Waals surface area contributed by atoms with Gasteiger partial charge in [-0.05, 0) is 30.2 Å². The Morgan fingerprint density at radius 1 is 1.05 bits per heavy atom. The lowest BCUT2D eigenvalue weighted by Gasteiger charge is -2.04. The van der Waals surface area contributed by atoms with Crippen LogP contribution in [-0.4, -0.2) is 10.2 Å². The van der Waals surface area contributed by atoms with Crippen LogP contribution in [0.2, 0.25) is 5.02 Å². The lowest BCUT2D eigenvalue weighted by atomic mass is 10.1. The third kappa shape index (κ3) is 2.94. The number of aromatic nitrogens is 2. The molecule has 3 nitrogen and oxygen atoms in total. The van der Waals surface area contributed by atoms with Crippen LogP contribution in [0.3, 0.4) is 0 Å². The number of halogens is 2. The summed E-state index contributed by atoms with van der Waals surface area (Å²) in [6, 6.07) is 15.3. The highest BCUT2D eigenvalue weighted by Crippen LogP contribution is 2.32. The van der Waals surface area contributed by atoms with E-state index < -0.39 is 5.38 Å². The molecule has 0 spiro atoms. The molecule has 0 amide bonds. The molecule has 0 saturated heterocycles. The first-order valence-electron chi connectivity index (χ1n) is 6.44. The molecule has 0 aliphatic rings. The molecule has 0 N–H and O–H groups in total. The number of benzene rings is 2. The summed E-state index contributed by atoms with van der Waals surface area (Å²) in [6.45, 7) is 1.97. The van der Waals surface area contributed by atoms with E-state index >= 15 is 0 Å². The number of hydrogen-bond donors (Lipinski definition) is 0. The summed E-state index contributed by atoms with van der Waals surface area (Å²) < 4.78 is 5.67. The summed E-state index contributed by atoms with van der Waals surface area (Å²) in [4.78, 5) is 0. The summed E-state index contributed by atoms with van der Waals surface area (Å²) in [7, 11) is 0. The molecule has 1 heterocycles. The summed E-state index contributed by atoms with van der Waals surface area (Å²) in [5.74, 6) is 0.728. The van der Waals surface area contributed by atoms with E-state index in [-0.39, 0.29) is 0 Å². The molecular weight excluding hydrogens is 307 g/mol. The van der Waals surface area contributed by atoms with Crippen LogP contribution >= 0.6 is 23.2 Å². The lowest BCUT2D eigenvalue weighted by Crippen LogP contribution is -1.92. The van der Waals surface area contributed by atoms with Crippen molar-refractivity contribution in [3.8, 4) is 11.5 Å². The molecule has 0 aliphatic heterocycles. The fraction of sp³-hybridized carbons (Fsp3) is 0.125. The monoisotopic (exact) mass is 318 g/mol. The van der Waals surface area contributed by atoms with Crippen LogP contribution in [0.1, 0.15) is 22.4 Å². The van der Waals surface area contributed by atoms with Gasteiger partial charge in [0.2, 0.25) is 11.8 Å². The zero-order valence-corrected chi connectivity index (χ0v) is 12.8. The van der Waals surface area contributed by atoms with Gasteiger partial charge >= 0.3 is 0 Å². The van der Waals surface area contributed by atoms with Crippen LogP contribution in [0.15, 0.2) is 52.9 Å². The summed E-state index contributed by atoms with van der Waals surface area (Å²) in [6.07, 6.45) is 0. The smallest absolute Gasteiger partial charge is 0.249 e. The molecule has 3 rings (SSSR count). The predicted octanol–water partition coefficient (Wildman–Crippen LogP) is 5.03. The van der Waals surface area contributed by atoms with E-state index in [9.17, 15) is 0 Å². The third-order valence-corrected chi connectivity index (χ3v) is 3.86. The van der Waals surface area contributed by atoms with Crippen LogP contribution < -0.4 is 0 Å². The van der Waals surface area contributed by atoms with E-state index in [1.165, 1.54) is 0 Å². The minimum Gasteiger partial charge on any atom is -0.419 e. The van der Waals surface area contributed by atoms with E-state index in [2.05, 4.69) is 10.2 Å². The summed E-state index contributed by atoms with van der Waals surface area (Å²) in [5.41, 5.74) is 2.69. The predicted molar refractivity (Wildman–Crippen MR) is 83.6 cm³/mol. The average Bonchev–Trinajstić information content (AvgIpc) is 2.97. The first-order chi connectivity index (χ1) is 10.1. The molecule has 106 valence electrons. The first-order valence-corrected chi connectivity index (χ1v) is 7.25. The molecule has 1 atom stereocenters. The number of rotatable bonds is 3. The second-order valence-electron chi connectivity index (χ2n) is 4.70. The largest absolute Gasteiger partial charge is 0.419 e. The fourth-order valence-corrected chi connectivity index (χ4v) is 2.55. The van der Waals surface area contributed by atoms with Gasteiger partial charge < -0.3 is 4.42 Å². The minimum atomic E-state index is -0.475.